The van der Waals surface area contributed by atoms with Gasteiger partial charge in [-0.2, -0.15) is 0 Å². The molecule has 3 aromatic rings. The molecule has 1 heterocycles. The van der Waals surface area contributed by atoms with Crippen molar-refractivity contribution in [2.75, 3.05) is 7.11 Å². The number of aliphatic hydroxyl groups is 1. The molecule has 108 valence electrons. The molecule has 0 bridgehead atoms. The van der Waals surface area contributed by atoms with Gasteiger partial charge < -0.3 is 9.84 Å². The highest BCUT2D eigenvalue weighted by Gasteiger charge is 2.16. The molecule has 2 nitrogen and oxygen atoms in total. The minimum absolute atomic E-state index is 0.279. The summed E-state index contributed by atoms with van der Waals surface area (Å²) in [6, 6.07) is 11.6. The van der Waals surface area contributed by atoms with E-state index in [9.17, 15) is 9.50 Å². The second-order valence-corrected chi connectivity index (χ2v) is 6.15. The van der Waals surface area contributed by atoms with Gasteiger partial charge in [0.25, 0.3) is 0 Å². The van der Waals surface area contributed by atoms with Crippen LogP contribution in [0.15, 0.2) is 42.5 Å². The van der Waals surface area contributed by atoms with Crippen molar-refractivity contribution >= 4 is 33.0 Å². The molecule has 0 radical (unpaired) electrons. The van der Waals surface area contributed by atoms with E-state index in [4.69, 9.17) is 16.3 Å². The lowest BCUT2D eigenvalue weighted by atomic mass is 10.1. The standard InChI is InChI=1S/C16H12ClFO2S/c1-20-13-6-10(3-5-12(13)17)16(19)15-7-9-2-4-11(18)8-14(9)21-15/h2-8,16,19H,1H3. The molecule has 0 aliphatic carbocycles. The largest absolute Gasteiger partial charge is 0.495 e. The van der Waals surface area contributed by atoms with Gasteiger partial charge in [0, 0.05) is 9.58 Å². The predicted molar refractivity (Wildman–Crippen MR) is 83.8 cm³/mol. The molecule has 0 spiro atoms. The van der Waals surface area contributed by atoms with Crippen molar-refractivity contribution in [1.29, 1.82) is 0 Å². The third-order valence-corrected chi connectivity index (χ3v) is 4.72. The molecule has 1 N–H and O–H groups in total. The lowest BCUT2D eigenvalue weighted by Crippen LogP contribution is -1.97. The molecule has 0 saturated heterocycles. The molecule has 1 aromatic heterocycles. The molecule has 3 rings (SSSR count). The number of methoxy groups -OCH3 is 1. The predicted octanol–water partition coefficient (Wildman–Crippen LogP) is 4.78. The van der Waals surface area contributed by atoms with Crippen LogP contribution in [0.25, 0.3) is 10.1 Å². The van der Waals surface area contributed by atoms with Gasteiger partial charge in [0.1, 0.15) is 17.7 Å². The highest BCUT2D eigenvalue weighted by atomic mass is 35.5. The molecule has 0 saturated carbocycles. The summed E-state index contributed by atoms with van der Waals surface area (Å²) < 4.78 is 19.2. The zero-order valence-electron chi connectivity index (χ0n) is 11.1. The monoisotopic (exact) mass is 322 g/mol. The van der Waals surface area contributed by atoms with Crippen molar-refractivity contribution in [3.05, 3.63) is 63.7 Å². The Labute approximate surface area is 130 Å². The summed E-state index contributed by atoms with van der Waals surface area (Å²) in [6.45, 7) is 0. The Kier molecular flexibility index (Phi) is 3.85. The lowest BCUT2D eigenvalue weighted by Gasteiger charge is -2.11. The van der Waals surface area contributed by atoms with Crippen molar-refractivity contribution in [3.63, 3.8) is 0 Å². The number of thiophene rings is 1. The Morgan fingerprint density at radius 1 is 1.19 bits per heavy atom. The third-order valence-electron chi connectivity index (χ3n) is 3.26. The zero-order valence-corrected chi connectivity index (χ0v) is 12.7. The maximum Gasteiger partial charge on any atom is 0.137 e. The van der Waals surface area contributed by atoms with Crippen molar-refractivity contribution in [2.24, 2.45) is 0 Å². The van der Waals surface area contributed by atoms with Crippen LogP contribution in [0.5, 0.6) is 5.75 Å². The van der Waals surface area contributed by atoms with Gasteiger partial charge in [-0.05, 0) is 41.3 Å². The summed E-state index contributed by atoms with van der Waals surface area (Å²) in [5.41, 5.74) is 0.684. The number of benzene rings is 2. The first-order chi connectivity index (χ1) is 10.1. The quantitative estimate of drug-likeness (QED) is 0.751. The SMILES string of the molecule is COc1cc(C(O)c2cc3ccc(F)cc3s2)ccc1Cl. The van der Waals surface area contributed by atoms with Gasteiger partial charge in [-0.3, -0.25) is 0 Å². The second-order valence-electron chi connectivity index (χ2n) is 4.63. The summed E-state index contributed by atoms with van der Waals surface area (Å²) in [7, 11) is 1.53. The molecule has 5 heteroatoms. The van der Waals surface area contributed by atoms with E-state index in [0.717, 1.165) is 15.0 Å². The minimum Gasteiger partial charge on any atom is -0.495 e. The summed E-state index contributed by atoms with van der Waals surface area (Å²) in [4.78, 5) is 0.750. The van der Waals surface area contributed by atoms with E-state index in [1.54, 1.807) is 24.3 Å². The van der Waals surface area contributed by atoms with E-state index in [1.807, 2.05) is 6.07 Å². The normalized spacial score (nSPS) is 12.6. The third kappa shape index (κ3) is 2.75. The van der Waals surface area contributed by atoms with Crippen LogP contribution in [0.3, 0.4) is 0 Å². The van der Waals surface area contributed by atoms with Gasteiger partial charge in [0.2, 0.25) is 0 Å². The Balaban J connectivity index is 2.01. The molecular formula is C16H12ClFO2S. The van der Waals surface area contributed by atoms with Crippen LogP contribution in [0.1, 0.15) is 16.5 Å². The Morgan fingerprint density at radius 2 is 2.00 bits per heavy atom. The molecule has 0 aliphatic rings. The summed E-state index contributed by atoms with van der Waals surface area (Å²) >= 11 is 7.35. The van der Waals surface area contributed by atoms with Crippen LogP contribution >= 0.6 is 22.9 Å². The van der Waals surface area contributed by atoms with Crippen LogP contribution in [-0.4, -0.2) is 12.2 Å². The molecule has 2 aromatic carbocycles. The summed E-state index contributed by atoms with van der Waals surface area (Å²) in [5.74, 6) is 0.235. The first kappa shape index (κ1) is 14.3. The minimum atomic E-state index is -0.795. The number of aliphatic hydroxyl groups excluding tert-OH is 1. The fraction of sp³-hybridized carbons (Fsp3) is 0.125. The van der Waals surface area contributed by atoms with Crippen LogP contribution < -0.4 is 4.74 Å². The Bertz CT molecular complexity index is 800. The van der Waals surface area contributed by atoms with Gasteiger partial charge >= 0.3 is 0 Å². The molecule has 0 fully saturated rings. The van der Waals surface area contributed by atoms with E-state index in [-0.39, 0.29) is 5.82 Å². The van der Waals surface area contributed by atoms with E-state index in [2.05, 4.69) is 0 Å². The molecule has 21 heavy (non-hydrogen) atoms. The maximum atomic E-state index is 13.2. The lowest BCUT2D eigenvalue weighted by molar-refractivity contribution is 0.223. The first-order valence-corrected chi connectivity index (χ1v) is 7.48. The van der Waals surface area contributed by atoms with E-state index in [1.165, 1.54) is 30.6 Å². The second kappa shape index (κ2) is 5.64. The van der Waals surface area contributed by atoms with Crippen LogP contribution in [0.4, 0.5) is 4.39 Å². The number of hydrogen-bond acceptors (Lipinski definition) is 3. The number of hydrogen-bond donors (Lipinski definition) is 1. The summed E-state index contributed by atoms with van der Waals surface area (Å²) in [6.07, 6.45) is -0.795. The fourth-order valence-electron chi connectivity index (χ4n) is 2.17. The molecule has 1 unspecified atom stereocenters. The average Bonchev–Trinajstić information content (AvgIpc) is 2.90. The summed E-state index contributed by atoms with van der Waals surface area (Å²) in [5, 5.41) is 11.9. The molecular weight excluding hydrogens is 311 g/mol. The van der Waals surface area contributed by atoms with E-state index < -0.39 is 6.10 Å². The zero-order chi connectivity index (χ0) is 15.0. The smallest absolute Gasteiger partial charge is 0.137 e. The van der Waals surface area contributed by atoms with Gasteiger partial charge in [-0.15, -0.1) is 11.3 Å². The number of halogens is 2. The number of fused-ring (bicyclic) bond motifs is 1. The topological polar surface area (TPSA) is 29.5 Å². The van der Waals surface area contributed by atoms with Gasteiger partial charge in [0.15, 0.2) is 0 Å². The van der Waals surface area contributed by atoms with Crippen LogP contribution in [0, 0.1) is 5.82 Å². The van der Waals surface area contributed by atoms with Crippen molar-refractivity contribution < 1.29 is 14.2 Å². The maximum absolute atomic E-state index is 13.2. The van der Waals surface area contributed by atoms with E-state index >= 15 is 0 Å². The first-order valence-electron chi connectivity index (χ1n) is 6.29. The van der Waals surface area contributed by atoms with Crippen molar-refractivity contribution in [1.82, 2.24) is 0 Å². The Hall–Kier alpha value is -1.62. The average molecular weight is 323 g/mol. The molecule has 0 amide bonds. The van der Waals surface area contributed by atoms with Gasteiger partial charge in [0.05, 0.1) is 12.1 Å². The van der Waals surface area contributed by atoms with Crippen molar-refractivity contribution in [3.8, 4) is 5.75 Å². The van der Waals surface area contributed by atoms with Gasteiger partial charge in [-0.1, -0.05) is 23.7 Å². The fourth-order valence-corrected chi connectivity index (χ4v) is 3.47. The van der Waals surface area contributed by atoms with Crippen molar-refractivity contribution in [2.45, 2.75) is 6.10 Å². The highest BCUT2D eigenvalue weighted by molar-refractivity contribution is 7.19. The molecule has 1 atom stereocenters. The highest BCUT2D eigenvalue weighted by Crippen LogP contribution is 2.35. The van der Waals surface area contributed by atoms with E-state index in [0.29, 0.717) is 16.3 Å². The van der Waals surface area contributed by atoms with Crippen LogP contribution in [-0.2, 0) is 0 Å². The Morgan fingerprint density at radius 3 is 2.76 bits per heavy atom. The van der Waals surface area contributed by atoms with Crippen LogP contribution in [0.2, 0.25) is 5.02 Å². The van der Waals surface area contributed by atoms with Gasteiger partial charge in [-0.25, -0.2) is 4.39 Å². The number of ether oxygens (including phenoxy) is 1. The number of rotatable bonds is 3. The molecule has 0 aliphatic heterocycles.